The molecule has 0 bridgehead atoms. The van der Waals surface area contributed by atoms with Gasteiger partial charge in [-0.3, -0.25) is 4.79 Å². The molecule has 88 valence electrons. The van der Waals surface area contributed by atoms with Crippen LogP contribution in [0.2, 0.25) is 0 Å². The van der Waals surface area contributed by atoms with E-state index in [4.69, 9.17) is 0 Å². The van der Waals surface area contributed by atoms with E-state index >= 15 is 0 Å². The monoisotopic (exact) mass is 292 g/mol. The van der Waals surface area contributed by atoms with Gasteiger partial charge < -0.3 is 9.88 Å². The van der Waals surface area contributed by atoms with Crippen LogP contribution in [0.25, 0.3) is 10.9 Å². The maximum Gasteiger partial charge on any atom is 0.227 e. The maximum atomic E-state index is 11.9. The Balaban J connectivity index is 2.13. The molecule has 3 nitrogen and oxygen atoms in total. The fourth-order valence-corrected chi connectivity index (χ4v) is 2.83. The lowest BCUT2D eigenvalue weighted by Crippen LogP contribution is -2.35. The SMILES string of the molecule is O=C1CCCCN1c1cccc2c(Br)c[nH]c12. The molecular weight excluding hydrogens is 280 g/mol. The van der Waals surface area contributed by atoms with Gasteiger partial charge in [0.2, 0.25) is 5.91 Å². The van der Waals surface area contributed by atoms with Crippen LogP contribution < -0.4 is 4.90 Å². The standard InChI is InChI=1S/C13H13BrN2O/c14-10-8-15-13-9(10)4-3-5-11(13)16-7-2-1-6-12(16)17/h3-5,8,15H,1-2,6-7H2. The van der Waals surface area contributed by atoms with Crippen LogP contribution in [0.5, 0.6) is 0 Å². The summed E-state index contributed by atoms with van der Waals surface area (Å²) in [7, 11) is 0. The number of carbonyl (C=O) groups excluding carboxylic acids is 1. The number of carbonyl (C=O) groups is 1. The lowest BCUT2D eigenvalue weighted by molar-refractivity contribution is -0.119. The molecule has 1 aliphatic rings. The molecule has 1 fully saturated rings. The summed E-state index contributed by atoms with van der Waals surface area (Å²) in [6.45, 7) is 0.828. The summed E-state index contributed by atoms with van der Waals surface area (Å²) in [6, 6.07) is 6.06. The van der Waals surface area contributed by atoms with E-state index in [2.05, 4.69) is 20.9 Å². The van der Waals surface area contributed by atoms with Gasteiger partial charge in [-0.2, -0.15) is 0 Å². The third kappa shape index (κ3) is 1.76. The van der Waals surface area contributed by atoms with Gasteiger partial charge in [-0.25, -0.2) is 0 Å². The van der Waals surface area contributed by atoms with E-state index < -0.39 is 0 Å². The summed E-state index contributed by atoms with van der Waals surface area (Å²) in [5.41, 5.74) is 2.03. The number of rotatable bonds is 1. The number of aromatic nitrogens is 1. The van der Waals surface area contributed by atoms with Gasteiger partial charge in [-0.15, -0.1) is 0 Å². The Morgan fingerprint density at radius 2 is 2.18 bits per heavy atom. The minimum Gasteiger partial charge on any atom is -0.358 e. The van der Waals surface area contributed by atoms with Gasteiger partial charge in [0.1, 0.15) is 0 Å². The molecule has 1 saturated heterocycles. The topological polar surface area (TPSA) is 36.1 Å². The first-order valence-corrected chi connectivity index (χ1v) is 6.62. The van der Waals surface area contributed by atoms with Crippen molar-refractivity contribution in [3.05, 3.63) is 28.9 Å². The second kappa shape index (κ2) is 4.18. The van der Waals surface area contributed by atoms with E-state index in [1.165, 1.54) is 0 Å². The van der Waals surface area contributed by atoms with Crippen LogP contribution in [0.15, 0.2) is 28.9 Å². The number of benzene rings is 1. The Morgan fingerprint density at radius 1 is 1.29 bits per heavy atom. The van der Waals surface area contributed by atoms with Crippen molar-refractivity contribution in [2.75, 3.05) is 11.4 Å². The molecule has 1 N–H and O–H groups in total. The summed E-state index contributed by atoms with van der Waals surface area (Å²) < 4.78 is 1.04. The molecule has 3 rings (SSSR count). The minimum absolute atomic E-state index is 0.231. The van der Waals surface area contributed by atoms with E-state index in [-0.39, 0.29) is 5.91 Å². The molecule has 0 unspecified atom stereocenters. The molecule has 0 spiro atoms. The van der Waals surface area contributed by atoms with E-state index in [0.29, 0.717) is 6.42 Å². The number of nitrogens with one attached hydrogen (secondary N) is 1. The number of hydrogen-bond acceptors (Lipinski definition) is 1. The number of aromatic amines is 1. The van der Waals surface area contributed by atoms with Crippen LogP contribution in [-0.4, -0.2) is 17.4 Å². The van der Waals surface area contributed by atoms with Gasteiger partial charge >= 0.3 is 0 Å². The first-order chi connectivity index (χ1) is 8.27. The van der Waals surface area contributed by atoms with Crippen molar-refractivity contribution < 1.29 is 4.79 Å². The van der Waals surface area contributed by atoms with Crippen molar-refractivity contribution in [3.8, 4) is 0 Å². The van der Waals surface area contributed by atoms with E-state index in [0.717, 1.165) is 40.4 Å². The van der Waals surface area contributed by atoms with Crippen LogP contribution in [0.1, 0.15) is 19.3 Å². The largest absolute Gasteiger partial charge is 0.358 e. The van der Waals surface area contributed by atoms with E-state index in [1.54, 1.807) is 0 Å². The van der Waals surface area contributed by atoms with Gasteiger partial charge in [0, 0.05) is 29.0 Å². The number of amides is 1. The number of halogens is 1. The Hall–Kier alpha value is -1.29. The number of nitrogens with zero attached hydrogens (tertiary/aromatic N) is 1. The third-order valence-electron chi connectivity index (χ3n) is 3.26. The molecule has 1 aromatic heterocycles. The van der Waals surface area contributed by atoms with E-state index in [9.17, 15) is 4.79 Å². The smallest absolute Gasteiger partial charge is 0.227 e. The Labute approximate surface area is 108 Å². The Morgan fingerprint density at radius 3 is 3.00 bits per heavy atom. The highest BCUT2D eigenvalue weighted by Gasteiger charge is 2.21. The van der Waals surface area contributed by atoms with Crippen LogP contribution in [0.3, 0.4) is 0 Å². The number of fused-ring (bicyclic) bond motifs is 1. The van der Waals surface area contributed by atoms with Crippen LogP contribution in [0.4, 0.5) is 5.69 Å². The quantitative estimate of drug-likeness (QED) is 0.859. The average molecular weight is 293 g/mol. The van der Waals surface area contributed by atoms with Gasteiger partial charge in [-0.05, 0) is 34.8 Å². The van der Waals surface area contributed by atoms with Crippen molar-refractivity contribution in [3.63, 3.8) is 0 Å². The highest BCUT2D eigenvalue weighted by Crippen LogP contribution is 2.32. The molecule has 4 heteroatoms. The molecule has 0 saturated carbocycles. The molecule has 0 atom stereocenters. The molecule has 2 heterocycles. The predicted octanol–water partition coefficient (Wildman–Crippen LogP) is 3.45. The third-order valence-corrected chi connectivity index (χ3v) is 3.91. The van der Waals surface area contributed by atoms with E-state index in [1.807, 2.05) is 29.3 Å². The summed E-state index contributed by atoms with van der Waals surface area (Å²) in [5, 5.41) is 1.13. The maximum absolute atomic E-state index is 11.9. The van der Waals surface area contributed by atoms with Crippen molar-refractivity contribution in [1.29, 1.82) is 0 Å². The molecule has 1 aliphatic heterocycles. The lowest BCUT2D eigenvalue weighted by Gasteiger charge is -2.27. The normalized spacial score (nSPS) is 16.8. The summed E-state index contributed by atoms with van der Waals surface area (Å²) in [4.78, 5) is 17.1. The lowest BCUT2D eigenvalue weighted by atomic mass is 10.1. The zero-order chi connectivity index (χ0) is 11.8. The molecule has 1 amide bonds. The highest BCUT2D eigenvalue weighted by molar-refractivity contribution is 9.10. The molecule has 0 aliphatic carbocycles. The minimum atomic E-state index is 0.231. The van der Waals surface area contributed by atoms with Gasteiger partial charge in [0.15, 0.2) is 0 Å². The summed E-state index contributed by atoms with van der Waals surface area (Å²) in [5.74, 6) is 0.231. The zero-order valence-electron chi connectivity index (χ0n) is 9.37. The van der Waals surface area contributed by atoms with Gasteiger partial charge in [0.25, 0.3) is 0 Å². The first kappa shape index (κ1) is 10.8. The van der Waals surface area contributed by atoms with Crippen LogP contribution >= 0.6 is 15.9 Å². The molecule has 17 heavy (non-hydrogen) atoms. The molecular formula is C13H13BrN2O. The van der Waals surface area contributed by atoms with Crippen LogP contribution in [0, 0.1) is 0 Å². The Kier molecular flexibility index (Phi) is 2.67. The fraction of sp³-hybridized carbons (Fsp3) is 0.308. The molecule has 0 radical (unpaired) electrons. The molecule has 2 aromatic rings. The van der Waals surface area contributed by atoms with Crippen molar-refractivity contribution in [2.24, 2.45) is 0 Å². The highest BCUT2D eigenvalue weighted by atomic mass is 79.9. The average Bonchev–Trinajstić information content (AvgIpc) is 2.72. The summed E-state index contributed by atoms with van der Waals surface area (Å²) >= 11 is 3.51. The van der Waals surface area contributed by atoms with Crippen LogP contribution in [-0.2, 0) is 4.79 Å². The second-order valence-electron chi connectivity index (χ2n) is 4.34. The Bertz CT molecular complexity index is 576. The van der Waals surface area contributed by atoms with Crippen molar-refractivity contribution in [1.82, 2.24) is 4.98 Å². The zero-order valence-corrected chi connectivity index (χ0v) is 11.0. The second-order valence-corrected chi connectivity index (χ2v) is 5.19. The molecule has 1 aromatic carbocycles. The number of para-hydroxylation sites is 1. The number of piperidine rings is 1. The predicted molar refractivity (Wildman–Crippen MR) is 72.2 cm³/mol. The number of H-pyrrole nitrogens is 1. The van der Waals surface area contributed by atoms with Gasteiger partial charge in [0.05, 0.1) is 11.2 Å². The number of hydrogen-bond donors (Lipinski definition) is 1. The van der Waals surface area contributed by atoms with Gasteiger partial charge in [-0.1, -0.05) is 12.1 Å². The first-order valence-electron chi connectivity index (χ1n) is 5.83. The van der Waals surface area contributed by atoms with Crippen molar-refractivity contribution in [2.45, 2.75) is 19.3 Å². The number of anilines is 1. The van der Waals surface area contributed by atoms with Crippen molar-refractivity contribution >= 4 is 38.4 Å². The fourth-order valence-electron chi connectivity index (χ4n) is 2.39. The summed E-state index contributed by atoms with van der Waals surface area (Å²) in [6.07, 6.45) is 4.69.